The first-order valence-corrected chi connectivity index (χ1v) is 20.5. The van der Waals surface area contributed by atoms with Gasteiger partial charge in [-0.1, -0.05) is 30.3 Å². The lowest BCUT2D eigenvalue weighted by Crippen LogP contribution is -2.54. The van der Waals surface area contributed by atoms with Crippen molar-refractivity contribution in [3.63, 3.8) is 0 Å². The van der Waals surface area contributed by atoms with Crippen LogP contribution in [0.3, 0.4) is 0 Å². The number of amides is 6. The molecule has 0 bridgehead atoms. The Labute approximate surface area is 352 Å². The van der Waals surface area contributed by atoms with Crippen molar-refractivity contribution >= 4 is 52.8 Å². The highest BCUT2D eigenvalue weighted by atomic mass is 16.2. The summed E-state index contributed by atoms with van der Waals surface area (Å²) in [6.07, 6.45) is 7.48. The average molecular weight is 820 g/mol. The highest BCUT2D eigenvalue weighted by molar-refractivity contribution is 6.24. The molecule has 6 amide bonds. The van der Waals surface area contributed by atoms with Crippen molar-refractivity contribution < 1.29 is 28.8 Å². The van der Waals surface area contributed by atoms with Crippen LogP contribution < -0.4 is 16.0 Å². The fourth-order valence-electron chi connectivity index (χ4n) is 7.97. The molecule has 0 spiro atoms. The minimum absolute atomic E-state index is 0.0646. The lowest BCUT2D eigenvalue weighted by Gasteiger charge is -2.35. The van der Waals surface area contributed by atoms with E-state index in [1.807, 2.05) is 78.6 Å². The van der Waals surface area contributed by atoms with E-state index in [0.29, 0.717) is 73.6 Å². The van der Waals surface area contributed by atoms with Crippen molar-refractivity contribution in [1.82, 2.24) is 35.0 Å². The zero-order chi connectivity index (χ0) is 42.5. The molecule has 2 aromatic heterocycles. The standard InChI is InChI=1S/C46H45N9O6/c1-29-11-16-34(26-37(29)51-46-48-21-19-36(50-46)33-8-5-20-47-27-33)49-42(58)32-14-12-30(13-15-32)28-53-22-24-54(25-23-53)40(57)10-3-2-6-31-7-4-9-35-41(31)45(61)55(44(35)60)38-17-18-39(56)52-43(38)59/h4-5,7-9,11-16,19-21,26-27,38H,2-3,6,10,17-18,22-25,28H2,1H3,(H,49,58)(H,48,50,51)(H,52,56,59). The number of rotatable bonds is 13. The van der Waals surface area contributed by atoms with Crippen LogP contribution >= 0.6 is 0 Å². The van der Waals surface area contributed by atoms with Crippen molar-refractivity contribution in [2.24, 2.45) is 0 Å². The first-order chi connectivity index (χ1) is 29.6. The van der Waals surface area contributed by atoms with E-state index in [2.05, 4.69) is 35.8 Å². The Kier molecular flexibility index (Phi) is 12.0. The van der Waals surface area contributed by atoms with Gasteiger partial charge in [-0.2, -0.15) is 0 Å². The highest BCUT2D eigenvalue weighted by Gasteiger charge is 2.45. The number of unbranched alkanes of at least 4 members (excludes halogenated alkanes) is 1. The van der Waals surface area contributed by atoms with Crippen molar-refractivity contribution in [1.29, 1.82) is 0 Å². The number of pyridine rings is 1. The number of imide groups is 2. The van der Waals surface area contributed by atoms with Crippen LogP contribution in [0.5, 0.6) is 0 Å². The molecule has 5 aromatic rings. The molecule has 0 aliphatic carbocycles. The summed E-state index contributed by atoms with van der Waals surface area (Å²) in [5, 5.41) is 8.49. The molecule has 3 aromatic carbocycles. The van der Waals surface area contributed by atoms with Gasteiger partial charge < -0.3 is 15.5 Å². The number of nitrogens with zero attached hydrogens (tertiary/aromatic N) is 6. The fourth-order valence-corrected chi connectivity index (χ4v) is 7.97. The largest absolute Gasteiger partial charge is 0.340 e. The number of aromatic nitrogens is 3. The van der Waals surface area contributed by atoms with E-state index >= 15 is 0 Å². The van der Waals surface area contributed by atoms with Gasteiger partial charge in [0.2, 0.25) is 23.7 Å². The Morgan fingerprint density at radius 1 is 0.869 bits per heavy atom. The maximum absolute atomic E-state index is 13.4. The van der Waals surface area contributed by atoms with E-state index in [0.717, 1.165) is 46.1 Å². The normalized spacial score (nSPS) is 16.6. The molecule has 2 saturated heterocycles. The van der Waals surface area contributed by atoms with Crippen LogP contribution in [0.2, 0.25) is 0 Å². The molecule has 8 rings (SSSR count). The first-order valence-electron chi connectivity index (χ1n) is 20.5. The SMILES string of the molecule is Cc1ccc(NC(=O)c2ccc(CN3CCN(C(=O)CCCCc4cccc5c4C(=O)N(C4CCC(=O)NC4=O)C5=O)CC3)cc2)cc1Nc1nccc(-c2cccnc2)n1. The minimum Gasteiger partial charge on any atom is -0.340 e. The Morgan fingerprint density at radius 2 is 1.69 bits per heavy atom. The van der Waals surface area contributed by atoms with E-state index in [1.165, 1.54) is 0 Å². The third kappa shape index (κ3) is 9.21. The topological polar surface area (TPSA) is 187 Å². The van der Waals surface area contributed by atoms with Gasteiger partial charge in [-0.3, -0.25) is 48.9 Å². The molecule has 61 heavy (non-hydrogen) atoms. The second kappa shape index (κ2) is 18.0. The summed E-state index contributed by atoms with van der Waals surface area (Å²) < 4.78 is 0. The number of anilines is 3. The van der Waals surface area contributed by atoms with Gasteiger partial charge in [0.1, 0.15) is 6.04 Å². The smallest absolute Gasteiger partial charge is 0.262 e. The van der Waals surface area contributed by atoms with E-state index in [1.54, 1.807) is 30.7 Å². The predicted octanol–water partition coefficient (Wildman–Crippen LogP) is 5.30. The molecular formula is C46H45N9O6. The summed E-state index contributed by atoms with van der Waals surface area (Å²) in [7, 11) is 0. The molecule has 310 valence electrons. The van der Waals surface area contributed by atoms with Gasteiger partial charge in [0, 0.05) is 86.7 Å². The molecule has 15 heteroatoms. The van der Waals surface area contributed by atoms with Crippen molar-refractivity contribution in [3.05, 3.63) is 131 Å². The lowest BCUT2D eigenvalue weighted by molar-refractivity contribution is -0.136. The molecular weight excluding hydrogens is 775 g/mol. The molecule has 0 radical (unpaired) electrons. The van der Waals surface area contributed by atoms with Gasteiger partial charge in [0.05, 0.1) is 16.8 Å². The monoisotopic (exact) mass is 819 g/mol. The van der Waals surface area contributed by atoms with Crippen molar-refractivity contribution in [2.45, 2.75) is 58.0 Å². The summed E-state index contributed by atoms with van der Waals surface area (Å²) in [6, 6.07) is 22.9. The molecule has 3 aliphatic rings. The number of fused-ring (bicyclic) bond motifs is 1. The highest BCUT2D eigenvalue weighted by Crippen LogP contribution is 2.31. The zero-order valence-electron chi connectivity index (χ0n) is 33.7. The molecule has 1 unspecified atom stereocenters. The summed E-state index contributed by atoms with van der Waals surface area (Å²) in [5.74, 6) is -1.80. The van der Waals surface area contributed by atoms with E-state index < -0.39 is 29.7 Å². The molecule has 15 nitrogen and oxygen atoms in total. The van der Waals surface area contributed by atoms with Crippen LogP contribution in [-0.2, 0) is 27.3 Å². The Bertz CT molecular complexity index is 2500. The molecule has 3 aliphatic heterocycles. The van der Waals surface area contributed by atoms with Gasteiger partial charge in [0.25, 0.3) is 17.7 Å². The van der Waals surface area contributed by atoms with Gasteiger partial charge in [-0.25, -0.2) is 9.97 Å². The summed E-state index contributed by atoms with van der Waals surface area (Å²) in [5.41, 5.74) is 6.88. The quantitative estimate of drug-likeness (QED) is 0.103. The van der Waals surface area contributed by atoms with Gasteiger partial charge in [0.15, 0.2) is 0 Å². The van der Waals surface area contributed by atoms with Gasteiger partial charge >= 0.3 is 0 Å². The Morgan fingerprint density at radius 3 is 2.46 bits per heavy atom. The van der Waals surface area contributed by atoms with Crippen LogP contribution in [-0.4, -0.2) is 97.3 Å². The minimum atomic E-state index is -1.01. The maximum Gasteiger partial charge on any atom is 0.262 e. The van der Waals surface area contributed by atoms with E-state index in [-0.39, 0.29) is 30.2 Å². The fraction of sp³-hybridized carbons (Fsp3) is 0.283. The van der Waals surface area contributed by atoms with Crippen molar-refractivity contribution in [2.75, 3.05) is 36.8 Å². The van der Waals surface area contributed by atoms with Crippen LogP contribution in [0.4, 0.5) is 17.3 Å². The number of hydrogen-bond donors (Lipinski definition) is 3. The van der Waals surface area contributed by atoms with E-state index in [4.69, 9.17) is 0 Å². The van der Waals surface area contributed by atoms with Crippen molar-refractivity contribution in [3.8, 4) is 11.3 Å². The molecule has 2 fully saturated rings. The number of nitrogens with one attached hydrogen (secondary N) is 3. The third-order valence-corrected chi connectivity index (χ3v) is 11.3. The third-order valence-electron chi connectivity index (χ3n) is 11.3. The average Bonchev–Trinajstić information content (AvgIpc) is 3.53. The molecule has 3 N–H and O–H groups in total. The number of carbonyl (C=O) groups excluding carboxylic acids is 6. The number of benzene rings is 3. The molecule has 1 atom stereocenters. The van der Waals surface area contributed by atoms with Gasteiger partial charge in [-0.05, 0) is 97.8 Å². The number of piperazine rings is 1. The number of carbonyl (C=O) groups is 6. The second-order valence-corrected chi connectivity index (χ2v) is 15.5. The zero-order valence-corrected chi connectivity index (χ0v) is 33.7. The summed E-state index contributed by atoms with van der Waals surface area (Å²) in [4.78, 5) is 95.3. The van der Waals surface area contributed by atoms with Crippen LogP contribution in [0.15, 0.2) is 97.5 Å². The number of piperidine rings is 1. The number of hydrogen-bond acceptors (Lipinski definition) is 11. The van der Waals surface area contributed by atoms with Crippen LogP contribution in [0, 0.1) is 6.92 Å². The first kappa shape index (κ1) is 40.6. The van der Waals surface area contributed by atoms with Crippen LogP contribution in [0.1, 0.15) is 79.9 Å². The molecule has 0 saturated carbocycles. The second-order valence-electron chi connectivity index (χ2n) is 15.5. The maximum atomic E-state index is 13.4. The van der Waals surface area contributed by atoms with E-state index in [9.17, 15) is 28.8 Å². The van der Waals surface area contributed by atoms with Crippen LogP contribution in [0.25, 0.3) is 11.3 Å². The lowest BCUT2D eigenvalue weighted by atomic mass is 9.98. The molecule has 5 heterocycles. The van der Waals surface area contributed by atoms with Gasteiger partial charge in [-0.15, -0.1) is 0 Å². The Hall–Kier alpha value is -7.13. The Balaban J connectivity index is 0.772. The predicted molar refractivity (Wildman–Crippen MR) is 227 cm³/mol. The number of aryl methyl sites for hydroxylation is 2. The summed E-state index contributed by atoms with van der Waals surface area (Å²) >= 11 is 0. The summed E-state index contributed by atoms with van der Waals surface area (Å²) in [6.45, 7) is 5.36.